The first-order chi connectivity index (χ1) is 7.67. The molecule has 0 bridgehead atoms. The summed E-state index contributed by atoms with van der Waals surface area (Å²) in [6, 6.07) is 7.21. The fraction of sp³-hybridized carbons (Fsp3) is 0.417. The summed E-state index contributed by atoms with van der Waals surface area (Å²) in [5.41, 5.74) is 0. The molecule has 16 heavy (non-hydrogen) atoms. The third-order valence-electron chi connectivity index (χ3n) is 2.22. The molecular formula is C12H16O4. The second kappa shape index (κ2) is 6.00. The van der Waals surface area contributed by atoms with Gasteiger partial charge in [0.25, 0.3) is 0 Å². The number of benzene rings is 1. The van der Waals surface area contributed by atoms with Gasteiger partial charge in [-0.3, -0.25) is 4.79 Å². The van der Waals surface area contributed by atoms with Gasteiger partial charge in [0, 0.05) is 0 Å². The van der Waals surface area contributed by atoms with Gasteiger partial charge in [0.1, 0.15) is 6.10 Å². The molecular weight excluding hydrogens is 208 g/mol. The standard InChI is InChI=1S/C12H16O4/c1-3-9(8-12(13)14)16-11-7-5-4-6-10(11)15-2/h4-7,9H,3,8H2,1-2H3,(H,13,14). The lowest BCUT2D eigenvalue weighted by Crippen LogP contribution is -2.19. The van der Waals surface area contributed by atoms with Crippen molar-refractivity contribution in [3.05, 3.63) is 24.3 Å². The number of para-hydroxylation sites is 2. The number of methoxy groups -OCH3 is 1. The van der Waals surface area contributed by atoms with E-state index in [0.29, 0.717) is 17.9 Å². The Bertz CT molecular complexity index is 349. The molecule has 1 aromatic rings. The second-order valence-electron chi connectivity index (χ2n) is 3.40. The molecule has 0 aliphatic heterocycles. The molecule has 88 valence electrons. The molecule has 1 aromatic carbocycles. The molecule has 1 N–H and O–H groups in total. The van der Waals surface area contributed by atoms with Gasteiger partial charge in [-0.1, -0.05) is 19.1 Å². The summed E-state index contributed by atoms with van der Waals surface area (Å²) in [5.74, 6) is 0.339. The van der Waals surface area contributed by atoms with Gasteiger partial charge in [-0.25, -0.2) is 0 Å². The fourth-order valence-corrected chi connectivity index (χ4v) is 1.36. The van der Waals surface area contributed by atoms with Crippen LogP contribution in [0.2, 0.25) is 0 Å². The van der Waals surface area contributed by atoms with Crippen molar-refractivity contribution in [3.63, 3.8) is 0 Å². The number of rotatable bonds is 6. The van der Waals surface area contributed by atoms with Gasteiger partial charge in [0.15, 0.2) is 11.5 Å². The van der Waals surface area contributed by atoms with Crippen LogP contribution in [0.1, 0.15) is 19.8 Å². The third-order valence-corrected chi connectivity index (χ3v) is 2.22. The van der Waals surface area contributed by atoms with Crippen molar-refractivity contribution < 1.29 is 19.4 Å². The summed E-state index contributed by atoms with van der Waals surface area (Å²) < 4.78 is 10.7. The van der Waals surface area contributed by atoms with Crippen LogP contribution in [-0.4, -0.2) is 24.3 Å². The molecule has 0 saturated carbocycles. The number of aliphatic carboxylic acids is 1. The van der Waals surface area contributed by atoms with Crippen molar-refractivity contribution in [2.75, 3.05) is 7.11 Å². The number of carboxylic acids is 1. The van der Waals surface area contributed by atoms with Crippen LogP contribution in [0, 0.1) is 0 Å². The Morgan fingerprint density at radius 2 is 2.00 bits per heavy atom. The van der Waals surface area contributed by atoms with E-state index >= 15 is 0 Å². The molecule has 1 unspecified atom stereocenters. The Labute approximate surface area is 94.8 Å². The Hall–Kier alpha value is -1.71. The van der Waals surface area contributed by atoms with Crippen molar-refractivity contribution >= 4 is 5.97 Å². The average Bonchev–Trinajstić information content (AvgIpc) is 2.28. The van der Waals surface area contributed by atoms with E-state index < -0.39 is 5.97 Å². The second-order valence-corrected chi connectivity index (χ2v) is 3.40. The number of hydrogen-bond acceptors (Lipinski definition) is 3. The van der Waals surface area contributed by atoms with Gasteiger partial charge < -0.3 is 14.6 Å². The Balaban J connectivity index is 2.73. The highest BCUT2D eigenvalue weighted by atomic mass is 16.5. The van der Waals surface area contributed by atoms with Gasteiger partial charge in [0.2, 0.25) is 0 Å². The molecule has 1 rings (SSSR count). The van der Waals surface area contributed by atoms with E-state index in [-0.39, 0.29) is 12.5 Å². The van der Waals surface area contributed by atoms with Crippen LogP contribution < -0.4 is 9.47 Å². The molecule has 0 aromatic heterocycles. The Kier molecular flexibility index (Phi) is 4.64. The first-order valence-corrected chi connectivity index (χ1v) is 5.18. The van der Waals surface area contributed by atoms with Gasteiger partial charge in [-0.2, -0.15) is 0 Å². The molecule has 0 spiro atoms. The fourth-order valence-electron chi connectivity index (χ4n) is 1.36. The van der Waals surface area contributed by atoms with Crippen LogP contribution in [0.3, 0.4) is 0 Å². The van der Waals surface area contributed by atoms with E-state index in [0.717, 1.165) is 0 Å². The molecule has 0 saturated heterocycles. The number of hydrogen-bond donors (Lipinski definition) is 1. The maximum absolute atomic E-state index is 10.6. The molecule has 0 heterocycles. The highest BCUT2D eigenvalue weighted by Gasteiger charge is 2.14. The van der Waals surface area contributed by atoms with E-state index in [2.05, 4.69) is 0 Å². The Morgan fingerprint density at radius 1 is 1.38 bits per heavy atom. The van der Waals surface area contributed by atoms with Crippen molar-refractivity contribution in [2.45, 2.75) is 25.9 Å². The lowest BCUT2D eigenvalue weighted by Gasteiger charge is -2.17. The van der Waals surface area contributed by atoms with E-state index in [1.54, 1.807) is 19.2 Å². The van der Waals surface area contributed by atoms with Crippen molar-refractivity contribution in [3.8, 4) is 11.5 Å². The van der Waals surface area contributed by atoms with Crippen LogP contribution >= 0.6 is 0 Å². The normalized spacial score (nSPS) is 11.9. The zero-order valence-corrected chi connectivity index (χ0v) is 9.47. The van der Waals surface area contributed by atoms with Crippen LogP contribution in [0.5, 0.6) is 11.5 Å². The molecule has 4 heteroatoms. The van der Waals surface area contributed by atoms with Crippen LogP contribution in [0.25, 0.3) is 0 Å². The SMILES string of the molecule is CCC(CC(=O)O)Oc1ccccc1OC. The van der Waals surface area contributed by atoms with Gasteiger partial charge in [0.05, 0.1) is 13.5 Å². The molecule has 0 aliphatic carbocycles. The minimum Gasteiger partial charge on any atom is -0.493 e. The first kappa shape index (κ1) is 12.4. The molecule has 0 fully saturated rings. The zero-order chi connectivity index (χ0) is 12.0. The highest BCUT2D eigenvalue weighted by Crippen LogP contribution is 2.27. The van der Waals surface area contributed by atoms with Crippen LogP contribution in [0.4, 0.5) is 0 Å². The minimum atomic E-state index is -0.859. The summed E-state index contributed by atoms with van der Waals surface area (Å²) >= 11 is 0. The lowest BCUT2D eigenvalue weighted by atomic mass is 10.2. The summed E-state index contributed by atoms with van der Waals surface area (Å²) in [6.07, 6.45) is 0.313. The van der Waals surface area contributed by atoms with Crippen molar-refractivity contribution in [1.29, 1.82) is 0 Å². The molecule has 0 aliphatic rings. The monoisotopic (exact) mass is 224 g/mol. The van der Waals surface area contributed by atoms with E-state index in [9.17, 15) is 4.79 Å². The minimum absolute atomic E-state index is 0.00541. The largest absolute Gasteiger partial charge is 0.493 e. The summed E-state index contributed by atoms with van der Waals surface area (Å²) in [4.78, 5) is 10.6. The molecule has 0 radical (unpaired) electrons. The van der Waals surface area contributed by atoms with Gasteiger partial charge >= 0.3 is 5.97 Å². The molecule has 0 amide bonds. The smallest absolute Gasteiger partial charge is 0.307 e. The predicted octanol–water partition coefficient (Wildman–Crippen LogP) is 2.33. The van der Waals surface area contributed by atoms with E-state index in [4.69, 9.17) is 14.6 Å². The van der Waals surface area contributed by atoms with Crippen molar-refractivity contribution in [1.82, 2.24) is 0 Å². The predicted molar refractivity (Wildman–Crippen MR) is 60.0 cm³/mol. The summed E-state index contributed by atoms with van der Waals surface area (Å²) in [7, 11) is 1.56. The van der Waals surface area contributed by atoms with Crippen LogP contribution in [0.15, 0.2) is 24.3 Å². The quantitative estimate of drug-likeness (QED) is 0.805. The molecule has 1 atom stereocenters. The lowest BCUT2D eigenvalue weighted by molar-refractivity contribution is -0.138. The summed E-state index contributed by atoms with van der Waals surface area (Å²) in [5, 5.41) is 8.71. The maximum atomic E-state index is 10.6. The summed E-state index contributed by atoms with van der Waals surface area (Å²) in [6.45, 7) is 1.89. The van der Waals surface area contributed by atoms with E-state index in [1.807, 2.05) is 19.1 Å². The number of carboxylic acid groups (broad SMARTS) is 1. The topological polar surface area (TPSA) is 55.8 Å². The molecule has 4 nitrogen and oxygen atoms in total. The number of carbonyl (C=O) groups is 1. The van der Waals surface area contributed by atoms with Gasteiger partial charge in [-0.05, 0) is 18.6 Å². The van der Waals surface area contributed by atoms with Crippen molar-refractivity contribution in [2.24, 2.45) is 0 Å². The van der Waals surface area contributed by atoms with Gasteiger partial charge in [-0.15, -0.1) is 0 Å². The zero-order valence-electron chi connectivity index (χ0n) is 9.47. The first-order valence-electron chi connectivity index (χ1n) is 5.18. The van der Waals surface area contributed by atoms with E-state index in [1.165, 1.54) is 0 Å². The van der Waals surface area contributed by atoms with Crippen LogP contribution in [-0.2, 0) is 4.79 Å². The third kappa shape index (κ3) is 3.46. The average molecular weight is 224 g/mol. The number of ether oxygens (including phenoxy) is 2. The highest BCUT2D eigenvalue weighted by molar-refractivity contribution is 5.67. The Morgan fingerprint density at radius 3 is 2.50 bits per heavy atom. The maximum Gasteiger partial charge on any atom is 0.307 e.